The van der Waals surface area contributed by atoms with Gasteiger partial charge in [0.2, 0.25) is 0 Å². The van der Waals surface area contributed by atoms with Gasteiger partial charge in [-0.3, -0.25) is 0 Å². The number of aliphatic hydroxyl groups is 1. The van der Waals surface area contributed by atoms with Gasteiger partial charge >= 0.3 is 0 Å². The highest BCUT2D eigenvalue weighted by molar-refractivity contribution is 5.33. The van der Waals surface area contributed by atoms with E-state index in [2.05, 4.69) is 0 Å². The van der Waals surface area contributed by atoms with Crippen molar-refractivity contribution in [3.63, 3.8) is 0 Å². The Bertz CT molecular complexity index is 401. The minimum absolute atomic E-state index is 0.00617. The first-order valence-corrected chi connectivity index (χ1v) is 5.52. The van der Waals surface area contributed by atoms with Crippen molar-refractivity contribution in [1.82, 2.24) is 0 Å². The maximum absolute atomic E-state index is 12.9. The standard InChI is InChI=1S/C13H17FO2/c1-8-6-9(14)4-5-10(8)16-12-7-11(15)13(12,2)3/h4-6,11-12,15H,7H2,1-3H3. The number of aliphatic hydroxyl groups excluding tert-OH is 1. The summed E-state index contributed by atoms with van der Waals surface area (Å²) in [4.78, 5) is 0. The van der Waals surface area contributed by atoms with E-state index in [9.17, 15) is 9.50 Å². The summed E-state index contributed by atoms with van der Waals surface area (Å²) >= 11 is 0. The summed E-state index contributed by atoms with van der Waals surface area (Å²) in [7, 11) is 0. The lowest BCUT2D eigenvalue weighted by atomic mass is 9.66. The number of benzene rings is 1. The predicted molar refractivity (Wildman–Crippen MR) is 60.0 cm³/mol. The van der Waals surface area contributed by atoms with Crippen LogP contribution in [0.5, 0.6) is 5.75 Å². The van der Waals surface area contributed by atoms with Crippen molar-refractivity contribution in [2.45, 2.75) is 39.4 Å². The Kier molecular flexibility index (Phi) is 2.66. The lowest BCUT2D eigenvalue weighted by Crippen LogP contribution is -2.56. The van der Waals surface area contributed by atoms with Crippen LogP contribution in [0.3, 0.4) is 0 Å². The number of halogens is 1. The van der Waals surface area contributed by atoms with Crippen LogP contribution in [0, 0.1) is 18.2 Å². The first-order valence-electron chi connectivity index (χ1n) is 5.52. The fourth-order valence-corrected chi connectivity index (χ4v) is 1.96. The molecule has 1 saturated carbocycles. The zero-order chi connectivity index (χ0) is 11.9. The van der Waals surface area contributed by atoms with E-state index >= 15 is 0 Å². The average molecular weight is 224 g/mol. The van der Waals surface area contributed by atoms with E-state index in [-0.39, 0.29) is 23.4 Å². The molecule has 1 fully saturated rings. The minimum atomic E-state index is -0.307. The Morgan fingerprint density at radius 2 is 2.12 bits per heavy atom. The largest absolute Gasteiger partial charge is 0.489 e. The molecule has 1 N–H and O–H groups in total. The topological polar surface area (TPSA) is 29.5 Å². The quantitative estimate of drug-likeness (QED) is 0.836. The molecule has 0 spiro atoms. The van der Waals surface area contributed by atoms with Gasteiger partial charge in [0.15, 0.2) is 0 Å². The van der Waals surface area contributed by atoms with Crippen LogP contribution in [-0.2, 0) is 0 Å². The highest BCUT2D eigenvalue weighted by Crippen LogP contribution is 2.43. The number of ether oxygens (including phenoxy) is 1. The lowest BCUT2D eigenvalue weighted by Gasteiger charge is -2.48. The highest BCUT2D eigenvalue weighted by Gasteiger charge is 2.49. The number of rotatable bonds is 2. The van der Waals surface area contributed by atoms with E-state index in [1.807, 2.05) is 20.8 Å². The van der Waals surface area contributed by atoms with Crippen molar-refractivity contribution in [2.24, 2.45) is 5.41 Å². The summed E-state index contributed by atoms with van der Waals surface area (Å²) in [5.41, 5.74) is 0.568. The normalized spacial score (nSPS) is 27.3. The van der Waals surface area contributed by atoms with E-state index in [4.69, 9.17) is 4.74 Å². The molecule has 2 atom stereocenters. The summed E-state index contributed by atoms with van der Waals surface area (Å²) < 4.78 is 18.7. The molecule has 0 aromatic heterocycles. The third-order valence-corrected chi connectivity index (χ3v) is 3.53. The zero-order valence-electron chi connectivity index (χ0n) is 9.83. The Morgan fingerprint density at radius 1 is 1.44 bits per heavy atom. The molecule has 88 valence electrons. The molecule has 2 rings (SSSR count). The van der Waals surface area contributed by atoms with Crippen LogP contribution in [0.15, 0.2) is 18.2 Å². The summed E-state index contributed by atoms with van der Waals surface area (Å²) in [6, 6.07) is 4.49. The van der Waals surface area contributed by atoms with Crippen LogP contribution in [0.4, 0.5) is 4.39 Å². The first-order chi connectivity index (χ1) is 7.41. The van der Waals surface area contributed by atoms with Gasteiger partial charge in [0, 0.05) is 11.8 Å². The first kappa shape index (κ1) is 11.4. The molecular weight excluding hydrogens is 207 g/mol. The van der Waals surface area contributed by atoms with Crippen LogP contribution >= 0.6 is 0 Å². The van der Waals surface area contributed by atoms with Crippen LogP contribution < -0.4 is 4.74 Å². The van der Waals surface area contributed by atoms with Crippen molar-refractivity contribution < 1.29 is 14.2 Å². The van der Waals surface area contributed by atoms with Gasteiger partial charge in [0.25, 0.3) is 0 Å². The van der Waals surface area contributed by atoms with Crippen LogP contribution in [-0.4, -0.2) is 17.3 Å². The fraction of sp³-hybridized carbons (Fsp3) is 0.538. The summed E-state index contributed by atoms with van der Waals surface area (Å²) in [5, 5.41) is 9.60. The Morgan fingerprint density at radius 3 is 2.62 bits per heavy atom. The molecular formula is C13H17FO2. The maximum Gasteiger partial charge on any atom is 0.123 e. The van der Waals surface area contributed by atoms with E-state index in [1.165, 1.54) is 12.1 Å². The van der Waals surface area contributed by atoms with E-state index < -0.39 is 0 Å². The molecule has 1 aromatic carbocycles. The van der Waals surface area contributed by atoms with E-state index in [0.717, 1.165) is 5.56 Å². The van der Waals surface area contributed by atoms with Crippen molar-refractivity contribution in [2.75, 3.05) is 0 Å². The monoisotopic (exact) mass is 224 g/mol. The molecule has 3 heteroatoms. The highest BCUT2D eigenvalue weighted by atomic mass is 19.1. The average Bonchev–Trinajstić information content (AvgIpc) is 2.21. The maximum atomic E-state index is 12.9. The van der Waals surface area contributed by atoms with Crippen LogP contribution in [0.2, 0.25) is 0 Å². The van der Waals surface area contributed by atoms with Crippen LogP contribution in [0.1, 0.15) is 25.8 Å². The summed E-state index contributed by atoms with van der Waals surface area (Å²) in [6.07, 6.45) is 0.342. The van der Waals surface area contributed by atoms with E-state index in [0.29, 0.717) is 12.2 Å². The van der Waals surface area contributed by atoms with Gasteiger partial charge in [-0.15, -0.1) is 0 Å². The molecule has 0 bridgehead atoms. The van der Waals surface area contributed by atoms with Gasteiger partial charge in [-0.2, -0.15) is 0 Å². The fourth-order valence-electron chi connectivity index (χ4n) is 1.96. The Hall–Kier alpha value is -1.09. The molecule has 1 aliphatic rings. The molecule has 0 radical (unpaired) electrons. The molecule has 1 aromatic rings. The predicted octanol–water partition coefficient (Wildman–Crippen LogP) is 2.67. The van der Waals surface area contributed by atoms with Crippen molar-refractivity contribution >= 4 is 0 Å². The second-order valence-electron chi connectivity index (χ2n) is 5.09. The summed E-state index contributed by atoms with van der Waals surface area (Å²) in [5.74, 6) is 0.448. The molecule has 2 unspecified atom stereocenters. The van der Waals surface area contributed by atoms with Crippen molar-refractivity contribution in [1.29, 1.82) is 0 Å². The third kappa shape index (κ3) is 1.80. The van der Waals surface area contributed by atoms with E-state index in [1.54, 1.807) is 6.07 Å². The summed E-state index contributed by atoms with van der Waals surface area (Å²) in [6.45, 7) is 5.77. The van der Waals surface area contributed by atoms with Crippen LogP contribution in [0.25, 0.3) is 0 Å². The second-order valence-corrected chi connectivity index (χ2v) is 5.09. The van der Waals surface area contributed by atoms with Gasteiger partial charge in [-0.05, 0) is 30.7 Å². The molecule has 0 amide bonds. The van der Waals surface area contributed by atoms with Crippen molar-refractivity contribution in [3.05, 3.63) is 29.6 Å². The second kappa shape index (κ2) is 3.74. The Labute approximate surface area is 95.1 Å². The van der Waals surface area contributed by atoms with Gasteiger partial charge < -0.3 is 9.84 Å². The SMILES string of the molecule is Cc1cc(F)ccc1OC1CC(O)C1(C)C. The Balaban J connectivity index is 2.11. The van der Waals surface area contributed by atoms with Crippen molar-refractivity contribution in [3.8, 4) is 5.75 Å². The number of hydrogen-bond donors (Lipinski definition) is 1. The molecule has 0 aliphatic heterocycles. The third-order valence-electron chi connectivity index (χ3n) is 3.53. The van der Waals surface area contributed by atoms with Gasteiger partial charge in [0.1, 0.15) is 17.7 Å². The molecule has 0 heterocycles. The molecule has 0 saturated heterocycles. The van der Waals surface area contributed by atoms with Gasteiger partial charge in [-0.25, -0.2) is 4.39 Å². The molecule has 1 aliphatic carbocycles. The van der Waals surface area contributed by atoms with Gasteiger partial charge in [-0.1, -0.05) is 13.8 Å². The number of hydrogen-bond acceptors (Lipinski definition) is 2. The molecule has 16 heavy (non-hydrogen) atoms. The molecule has 2 nitrogen and oxygen atoms in total. The van der Waals surface area contributed by atoms with Gasteiger partial charge in [0.05, 0.1) is 6.10 Å². The zero-order valence-corrected chi connectivity index (χ0v) is 9.83. The smallest absolute Gasteiger partial charge is 0.123 e. The number of aryl methyl sites for hydroxylation is 1. The lowest BCUT2D eigenvalue weighted by molar-refractivity contribution is -0.134. The minimum Gasteiger partial charge on any atom is -0.489 e.